The maximum atomic E-state index is 5.93. The third-order valence-electron chi connectivity index (χ3n) is 2.59. The van der Waals surface area contributed by atoms with Crippen molar-refractivity contribution in [2.24, 2.45) is 5.73 Å². The summed E-state index contributed by atoms with van der Waals surface area (Å²) in [6.07, 6.45) is 2.95. The molecule has 0 fully saturated rings. The number of benzene rings is 2. The summed E-state index contributed by atoms with van der Waals surface area (Å²) < 4.78 is 5.71. The Balaban J connectivity index is 2.11. The molecule has 18 heavy (non-hydrogen) atoms. The van der Waals surface area contributed by atoms with Gasteiger partial charge in [-0.2, -0.15) is 0 Å². The first-order chi connectivity index (χ1) is 8.79. The van der Waals surface area contributed by atoms with E-state index in [4.69, 9.17) is 10.5 Å². The molecule has 2 nitrogen and oxygen atoms in total. The van der Waals surface area contributed by atoms with Gasteiger partial charge in [-0.1, -0.05) is 31.2 Å². The van der Waals surface area contributed by atoms with E-state index in [0.717, 1.165) is 29.2 Å². The van der Waals surface area contributed by atoms with Gasteiger partial charge in [-0.05, 0) is 48.4 Å². The van der Waals surface area contributed by atoms with Gasteiger partial charge in [-0.3, -0.25) is 0 Å². The Morgan fingerprint density at radius 2 is 1.61 bits per heavy atom. The molecule has 0 saturated heterocycles. The van der Waals surface area contributed by atoms with Gasteiger partial charge in [0.1, 0.15) is 11.5 Å². The van der Waals surface area contributed by atoms with E-state index in [-0.39, 0.29) is 0 Å². The molecule has 2 heteroatoms. The monoisotopic (exact) mass is 239 g/mol. The highest BCUT2D eigenvalue weighted by molar-refractivity contribution is 5.63. The fourth-order valence-corrected chi connectivity index (χ4v) is 1.68. The van der Waals surface area contributed by atoms with E-state index in [1.165, 1.54) is 0 Å². The molecule has 0 radical (unpaired) electrons. The Hall–Kier alpha value is -2.22. The van der Waals surface area contributed by atoms with Crippen LogP contribution in [-0.2, 0) is 0 Å². The molecule has 0 aliphatic carbocycles. The second kappa shape index (κ2) is 5.92. The van der Waals surface area contributed by atoms with Gasteiger partial charge < -0.3 is 10.5 Å². The average Bonchev–Trinajstić information content (AvgIpc) is 2.41. The van der Waals surface area contributed by atoms with Crippen LogP contribution in [0.5, 0.6) is 11.5 Å². The van der Waals surface area contributed by atoms with Crippen molar-refractivity contribution in [3.8, 4) is 11.5 Å². The second-order valence-corrected chi connectivity index (χ2v) is 4.01. The summed E-state index contributed by atoms with van der Waals surface area (Å²) in [6.45, 7) is 2.07. The zero-order valence-corrected chi connectivity index (χ0v) is 10.5. The normalized spacial score (nSPS) is 11.3. The quantitative estimate of drug-likeness (QED) is 0.868. The maximum absolute atomic E-state index is 5.93. The third kappa shape index (κ3) is 3.14. The first kappa shape index (κ1) is 12.2. The fourth-order valence-electron chi connectivity index (χ4n) is 1.68. The summed E-state index contributed by atoms with van der Waals surface area (Å²) in [7, 11) is 0. The van der Waals surface area contributed by atoms with Crippen molar-refractivity contribution in [3.05, 3.63) is 66.2 Å². The Kier molecular flexibility index (Phi) is 4.02. The highest BCUT2D eigenvalue weighted by Gasteiger charge is 1.99. The summed E-state index contributed by atoms with van der Waals surface area (Å²) in [4.78, 5) is 0. The SMILES string of the molecule is CC/C=C(\N)c1ccc(Oc2ccccc2)cc1. The molecule has 92 valence electrons. The van der Waals surface area contributed by atoms with E-state index in [0.29, 0.717) is 0 Å². The lowest BCUT2D eigenvalue weighted by Gasteiger charge is -2.06. The van der Waals surface area contributed by atoms with Crippen molar-refractivity contribution in [2.45, 2.75) is 13.3 Å². The van der Waals surface area contributed by atoms with Gasteiger partial charge >= 0.3 is 0 Å². The first-order valence-corrected chi connectivity index (χ1v) is 6.08. The predicted octanol–water partition coefficient (Wildman–Crippen LogP) is 4.19. The molecular formula is C16H17NO. The lowest BCUT2D eigenvalue weighted by atomic mass is 10.1. The van der Waals surface area contributed by atoms with E-state index >= 15 is 0 Å². The van der Waals surface area contributed by atoms with Gasteiger partial charge in [0, 0.05) is 5.70 Å². The molecule has 0 aliphatic rings. The third-order valence-corrected chi connectivity index (χ3v) is 2.59. The van der Waals surface area contributed by atoms with Crippen LogP contribution >= 0.6 is 0 Å². The number of rotatable bonds is 4. The van der Waals surface area contributed by atoms with E-state index in [2.05, 4.69) is 6.92 Å². The van der Waals surface area contributed by atoms with Gasteiger partial charge in [-0.15, -0.1) is 0 Å². The fraction of sp³-hybridized carbons (Fsp3) is 0.125. The minimum atomic E-state index is 0.809. The van der Waals surface area contributed by atoms with Crippen LogP contribution in [0.1, 0.15) is 18.9 Å². The molecule has 0 aliphatic heterocycles. The van der Waals surface area contributed by atoms with Crippen LogP contribution in [0.2, 0.25) is 0 Å². The topological polar surface area (TPSA) is 35.2 Å². The van der Waals surface area contributed by atoms with Gasteiger partial charge in [0.05, 0.1) is 0 Å². The molecule has 0 amide bonds. The lowest BCUT2D eigenvalue weighted by molar-refractivity contribution is 0.482. The molecule has 2 aromatic carbocycles. The average molecular weight is 239 g/mol. The van der Waals surface area contributed by atoms with Crippen LogP contribution < -0.4 is 10.5 Å². The van der Waals surface area contributed by atoms with Crippen molar-refractivity contribution in [2.75, 3.05) is 0 Å². The molecule has 0 heterocycles. The summed E-state index contributed by atoms with van der Waals surface area (Å²) in [6, 6.07) is 17.5. The Bertz CT molecular complexity index is 515. The number of hydrogen-bond acceptors (Lipinski definition) is 2. The minimum Gasteiger partial charge on any atom is -0.457 e. The summed E-state index contributed by atoms with van der Waals surface area (Å²) in [5, 5.41) is 0. The Morgan fingerprint density at radius 1 is 1.00 bits per heavy atom. The molecule has 0 atom stereocenters. The van der Waals surface area contributed by atoms with Crippen LogP contribution in [-0.4, -0.2) is 0 Å². The van der Waals surface area contributed by atoms with Crippen molar-refractivity contribution in [1.29, 1.82) is 0 Å². The summed E-state index contributed by atoms with van der Waals surface area (Å²) in [5.74, 6) is 1.65. The Morgan fingerprint density at radius 3 is 2.22 bits per heavy atom. The van der Waals surface area contributed by atoms with Crippen LogP contribution in [0.4, 0.5) is 0 Å². The van der Waals surface area contributed by atoms with Gasteiger partial charge in [0.25, 0.3) is 0 Å². The first-order valence-electron chi connectivity index (χ1n) is 6.08. The van der Waals surface area contributed by atoms with Gasteiger partial charge in [0.2, 0.25) is 0 Å². The summed E-state index contributed by atoms with van der Waals surface area (Å²) >= 11 is 0. The highest BCUT2D eigenvalue weighted by Crippen LogP contribution is 2.22. The minimum absolute atomic E-state index is 0.809. The van der Waals surface area contributed by atoms with Gasteiger partial charge in [0.15, 0.2) is 0 Å². The molecule has 2 aromatic rings. The lowest BCUT2D eigenvalue weighted by Crippen LogP contribution is -1.95. The van der Waals surface area contributed by atoms with Crippen molar-refractivity contribution in [3.63, 3.8) is 0 Å². The second-order valence-electron chi connectivity index (χ2n) is 4.01. The van der Waals surface area contributed by atoms with E-state index in [1.54, 1.807) is 0 Å². The van der Waals surface area contributed by atoms with Crippen molar-refractivity contribution in [1.82, 2.24) is 0 Å². The Labute approximate surface area is 108 Å². The van der Waals surface area contributed by atoms with Crippen LogP contribution in [0.3, 0.4) is 0 Å². The molecule has 0 unspecified atom stereocenters. The zero-order chi connectivity index (χ0) is 12.8. The van der Waals surface area contributed by atoms with E-state index < -0.39 is 0 Å². The number of allylic oxidation sites excluding steroid dienone is 1. The predicted molar refractivity (Wildman–Crippen MR) is 75.4 cm³/mol. The number of hydrogen-bond donors (Lipinski definition) is 1. The molecular weight excluding hydrogens is 222 g/mol. The van der Waals surface area contributed by atoms with Gasteiger partial charge in [-0.25, -0.2) is 0 Å². The summed E-state index contributed by atoms with van der Waals surface area (Å²) in [5.41, 5.74) is 7.76. The van der Waals surface area contributed by atoms with Crippen LogP contribution in [0.15, 0.2) is 60.7 Å². The van der Waals surface area contributed by atoms with Crippen molar-refractivity contribution < 1.29 is 4.74 Å². The largest absolute Gasteiger partial charge is 0.457 e. The maximum Gasteiger partial charge on any atom is 0.127 e. The molecule has 0 bridgehead atoms. The molecule has 2 N–H and O–H groups in total. The number of nitrogens with two attached hydrogens (primary N) is 1. The highest BCUT2D eigenvalue weighted by atomic mass is 16.5. The molecule has 0 saturated carbocycles. The van der Waals surface area contributed by atoms with E-state index in [9.17, 15) is 0 Å². The van der Waals surface area contributed by atoms with Crippen LogP contribution in [0, 0.1) is 0 Å². The molecule has 2 rings (SSSR count). The number of ether oxygens (including phenoxy) is 1. The van der Waals surface area contributed by atoms with Crippen molar-refractivity contribution >= 4 is 5.70 Å². The zero-order valence-electron chi connectivity index (χ0n) is 10.5. The number of para-hydroxylation sites is 1. The van der Waals surface area contributed by atoms with Crippen LogP contribution in [0.25, 0.3) is 5.70 Å². The molecule has 0 spiro atoms. The molecule has 0 aromatic heterocycles. The van der Waals surface area contributed by atoms with E-state index in [1.807, 2.05) is 60.7 Å². The smallest absolute Gasteiger partial charge is 0.127 e. The standard InChI is InChI=1S/C16H17NO/c1-2-6-16(17)13-9-11-15(12-10-13)18-14-7-4-3-5-8-14/h3-12H,2,17H2,1H3/b16-6-.